The number of rotatable bonds is 2. The molecule has 0 radical (unpaired) electrons. The molecule has 2 heterocycles. The van der Waals surface area contributed by atoms with Crippen molar-refractivity contribution >= 4 is 0 Å². The van der Waals surface area contributed by atoms with Gasteiger partial charge < -0.3 is 9.63 Å². The number of phenols is 1. The first-order chi connectivity index (χ1) is 9.24. The minimum absolute atomic E-state index is 0.106. The van der Waals surface area contributed by atoms with E-state index in [-0.39, 0.29) is 11.6 Å². The molecule has 2 aromatic heterocycles. The Kier molecular flexibility index (Phi) is 2.68. The first-order valence-corrected chi connectivity index (χ1v) is 5.64. The Morgan fingerprint density at radius 1 is 1.21 bits per heavy atom. The maximum absolute atomic E-state index is 9.87. The number of aromatic nitrogens is 4. The molecule has 94 valence electrons. The highest BCUT2D eigenvalue weighted by molar-refractivity contribution is 5.64. The second-order valence-corrected chi connectivity index (χ2v) is 4.03. The lowest BCUT2D eigenvalue weighted by atomic mass is 10.1. The van der Waals surface area contributed by atoms with Crippen molar-refractivity contribution in [1.29, 1.82) is 0 Å². The summed E-state index contributed by atoms with van der Waals surface area (Å²) in [5.41, 5.74) is 1.97. The highest BCUT2D eigenvalue weighted by Gasteiger charge is 2.14. The van der Waals surface area contributed by atoms with Gasteiger partial charge in [-0.05, 0) is 24.6 Å². The van der Waals surface area contributed by atoms with E-state index in [0.29, 0.717) is 17.1 Å². The topological polar surface area (TPSA) is 84.9 Å². The summed E-state index contributed by atoms with van der Waals surface area (Å²) >= 11 is 0. The third-order valence-electron chi connectivity index (χ3n) is 2.60. The van der Waals surface area contributed by atoms with Crippen molar-refractivity contribution < 1.29 is 9.63 Å². The van der Waals surface area contributed by atoms with Crippen LogP contribution >= 0.6 is 0 Å². The van der Waals surface area contributed by atoms with E-state index in [0.717, 1.165) is 5.56 Å². The summed E-state index contributed by atoms with van der Waals surface area (Å²) in [6.07, 6.45) is 4.66. The fourth-order valence-corrected chi connectivity index (χ4v) is 1.67. The van der Waals surface area contributed by atoms with E-state index in [1.165, 1.54) is 0 Å². The van der Waals surface area contributed by atoms with Crippen molar-refractivity contribution in [2.45, 2.75) is 6.92 Å². The number of hydrogen-bond acceptors (Lipinski definition) is 6. The molecule has 6 heteroatoms. The standard InChI is InChI=1S/C13H10N4O2/c1-8-2-3-9(11(18)6-8)13-16-12(17-19-13)10-7-14-4-5-15-10/h2-7,18H,1H3. The number of nitrogens with zero attached hydrogens (tertiary/aromatic N) is 4. The van der Waals surface area contributed by atoms with Gasteiger partial charge in [-0.2, -0.15) is 4.98 Å². The molecule has 0 saturated carbocycles. The molecule has 0 saturated heterocycles. The van der Waals surface area contributed by atoms with Gasteiger partial charge in [0, 0.05) is 12.4 Å². The molecule has 1 N–H and O–H groups in total. The zero-order valence-electron chi connectivity index (χ0n) is 10.1. The van der Waals surface area contributed by atoms with Crippen LogP contribution in [0.2, 0.25) is 0 Å². The summed E-state index contributed by atoms with van der Waals surface area (Å²) in [4.78, 5) is 12.2. The Bertz CT molecular complexity index is 710. The molecule has 0 atom stereocenters. The van der Waals surface area contributed by atoms with Gasteiger partial charge >= 0.3 is 0 Å². The van der Waals surface area contributed by atoms with E-state index < -0.39 is 0 Å². The van der Waals surface area contributed by atoms with E-state index in [2.05, 4.69) is 20.1 Å². The van der Waals surface area contributed by atoms with Crippen LogP contribution in [-0.4, -0.2) is 25.2 Å². The summed E-state index contributed by atoms with van der Waals surface area (Å²) in [5, 5.41) is 13.7. The van der Waals surface area contributed by atoms with Crippen molar-refractivity contribution in [3.05, 3.63) is 42.4 Å². The van der Waals surface area contributed by atoms with Crippen molar-refractivity contribution in [2.75, 3.05) is 0 Å². The van der Waals surface area contributed by atoms with Crippen LogP contribution in [0.3, 0.4) is 0 Å². The Balaban J connectivity index is 2.02. The molecule has 0 aliphatic rings. The summed E-state index contributed by atoms with van der Waals surface area (Å²) in [5.74, 6) is 0.690. The fraction of sp³-hybridized carbons (Fsp3) is 0.0769. The maximum Gasteiger partial charge on any atom is 0.262 e. The van der Waals surface area contributed by atoms with Crippen molar-refractivity contribution in [3.63, 3.8) is 0 Å². The van der Waals surface area contributed by atoms with Crippen molar-refractivity contribution in [3.8, 4) is 28.7 Å². The normalized spacial score (nSPS) is 10.6. The molecule has 0 fully saturated rings. The molecule has 0 unspecified atom stereocenters. The molecule has 0 amide bonds. The minimum atomic E-state index is 0.106. The summed E-state index contributed by atoms with van der Waals surface area (Å²) in [7, 11) is 0. The largest absolute Gasteiger partial charge is 0.507 e. The quantitative estimate of drug-likeness (QED) is 0.754. The highest BCUT2D eigenvalue weighted by Crippen LogP contribution is 2.29. The lowest BCUT2D eigenvalue weighted by Gasteiger charge is -1.99. The van der Waals surface area contributed by atoms with Gasteiger partial charge in [0.05, 0.1) is 11.8 Å². The van der Waals surface area contributed by atoms with E-state index >= 15 is 0 Å². The van der Waals surface area contributed by atoms with Crippen LogP contribution in [0.1, 0.15) is 5.56 Å². The van der Waals surface area contributed by atoms with Crippen LogP contribution in [0.25, 0.3) is 23.0 Å². The predicted molar refractivity (Wildman–Crippen MR) is 67.2 cm³/mol. The van der Waals surface area contributed by atoms with Crippen LogP contribution in [-0.2, 0) is 0 Å². The average Bonchev–Trinajstić information content (AvgIpc) is 2.89. The van der Waals surface area contributed by atoms with Gasteiger partial charge in [0.1, 0.15) is 11.4 Å². The van der Waals surface area contributed by atoms with Crippen LogP contribution in [0.5, 0.6) is 5.75 Å². The van der Waals surface area contributed by atoms with Crippen LogP contribution in [0.15, 0.2) is 41.3 Å². The minimum Gasteiger partial charge on any atom is -0.507 e. The molecule has 3 rings (SSSR count). The van der Waals surface area contributed by atoms with Crippen LogP contribution < -0.4 is 0 Å². The third kappa shape index (κ3) is 2.15. The zero-order chi connectivity index (χ0) is 13.2. The highest BCUT2D eigenvalue weighted by atomic mass is 16.5. The lowest BCUT2D eigenvalue weighted by molar-refractivity contribution is 0.425. The Hall–Kier alpha value is -2.76. The third-order valence-corrected chi connectivity index (χ3v) is 2.60. The number of hydrogen-bond donors (Lipinski definition) is 1. The average molecular weight is 254 g/mol. The molecular formula is C13H10N4O2. The Labute approximate surface area is 108 Å². The summed E-state index contributed by atoms with van der Waals surface area (Å²) < 4.78 is 5.14. The second kappa shape index (κ2) is 4.49. The van der Waals surface area contributed by atoms with Crippen molar-refractivity contribution in [2.24, 2.45) is 0 Å². The maximum atomic E-state index is 9.87. The van der Waals surface area contributed by atoms with E-state index in [1.54, 1.807) is 30.7 Å². The van der Waals surface area contributed by atoms with Gasteiger partial charge in [0.25, 0.3) is 5.89 Å². The van der Waals surface area contributed by atoms with Gasteiger partial charge in [-0.25, -0.2) is 4.98 Å². The summed E-state index contributed by atoms with van der Waals surface area (Å²) in [6, 6.07) is 5.24. The second-order valence-electron chi connectivity index (χ2n) is 4.03. The smallest absolute Gasteiger partial charge is 0.262 e. The monoisotopic (exact) mass is 254 g/mol. The number of aromatic hydroxyl groups is 1. The van der Waals surface area contributed by atoms with Gasteiger partial charge in [-0.3, -0.25) is 4.98 Å². The van der Waals surface area contributed by atoms with E-state index in [9.17, 15) is 5.11 Å². The molecule has 3 aromatic rings. The Morgan fingerprint density at radius 2 is 2.11 bits per heavy atom. The van der Waals surface area contributed by atoms with Gasteiger partial charge in [-0.15, -0.1) is 0 Å². The molecule has 0 aliphatic heterocycles. The fourth-order valence-electron chi connectivity index (χ4n) is 1.67. The number of benzene rings is 1. The molecular weight excluding hydrogens is 244 g/mol. The first-order valence-electron chi connectivity index (χ1n) is 5.64. The van der Waals surface area contributed by atoms with Gasteiger partial charge in [0.15, 0.2) is 0 Å². The van der Waals surface area contributed by atoms with Gasteiger partial charge in [-0.1, -0.05) is 11.2 Å². The molecule has 0 aliphatic carbocycles. The SMILES string of the molecule is Cc1ccc(-c2nc(-c3cnccn3)no2)c(O)c1. The predicted octanol–water partition coefficient (Wildman–Crippen LogP) is 2.21. The lowest BCUT2D eigenvalue weighted by Crippen LogP contribution is -1.86. The molecule has 6 nitrogen and oxygen atoms in total. The molecule has 0 spiro atoms. The Morgan fingerprint density at radius 3 is 2.84 bits per heavy atom. The number of phenolic OH excluding ortho intramolecular Hbond substituents is 1. The van der Waals surface area contributed by atoms with E-state index in [1.807, 2.05) is 13.0 Å². The first kappa shape index (κ1) is 11.3. The molecule has 0 bridgehead atoms. The molecule has 1 aromatic carbocycles. The van der Waals surface area contributed by atoms with Gasteiger partial charge in [0.2, 0.25) is 5.82 Å². The van der Waals surface area contributed by atoms with Crippen LogP contribution in [0.4, 0.5) is 0 Å². The number of aryl methyl sites for hydroxylation is 1. The summed E-state index contributed by atoms with van der Waals surface area (Å²) in [6.45, 7) is 1.89. The van der Waals surface area contributed by atoms with Crippen LogP contribution in [0, 0.1) is 6.92 Å². The zero-order valence-corrected chi connectivity index (χ0v) is 10.1. The van der Waals surface area contributed by atoms with E-state index in [4.69, 9.17) is 4.52 Å². The van der Waals surface area contributed by atoms with Crippen molar-refractivity contribution in [1.82, 2.24) is 20.1 Å². The molecule has 19 heavy (non-hydrogen) atoms.